The Kier molecular flexibility index (Phi) is 3.11. The number of hydrogen-bond acceptors (Lipinski definition) is 4. The van der Waals surface area contributed by atoms with E-state index in [2.05, 4.69) is 20.6 Å². The van der Waals surface area contributed by atoms with Crippen LogP contribution in [0.4, 0.5) is 15.7 Å². The molecule has 0 fully saturated rings. The summed E-state index contributed by atoms with van der Waals surface area (Å²) >= 11 is 1.38. The van der Waals surface area contributed by atoms with Gasteiger partial charge in [-0.15, -0.1) is 11.3 Å². The number of nitrogens with one attached hydrogen (secondary N) is 2. The number of thiazole rings is 1. The standard InChI is InChI=1S/C10H10N4OS/c1-7-6-16-10(12-7)14-9(15)13-8-4-2-3-5-11-8/h2-6H,1H3,(H2,11,12,13,14,15). The molecular formula is C10H10N4OS. The minimum Gasteiger partial charge on any atom is -0.292 e. The van der Waals surface area contributed by atoms with E-state index in [1.165, 1.54) is 11.3 Å². The molecule has 16 heavy (non-hydrogen) atoms. The first-order valence-electron chi connectivity index (χ1n) is 4.65. The van der Waals surface area contributed by atoms with Crippen molar-refractivity contribution in [2.24, 2.45) is 0 Å². The predicted octanol–water partition coefficient (Wildman–Crippen LogP) is 2.49. The van der Waals surface area contributed by atoms with Crippen molar-refractivity contribution < 1.29 is 4.79 Å². The van der Waals surface area contributed by atoms with Gasteiger partial charge in [0.25, 0.3) is 0 Å². The lowest BCUT2D eigenvalue weighted by Crippen LogP contribution is -2.19. The van der Waals surface area contributed by atoms with Crippen LogP contribution in [0.25, 0.3) is 0 Å². The van der Waals surface area contributed by atoms with E-state index in [1.54, 1.807) is 24.4 Å². The molecule has 0 radical (unpaired) electrons. The molecule has 2 heterocycles. The number of rotatable bonds is 2. The van der Waals surface area contributed by atoms with Crippen molar-refractivity contribution >= 4 is 28.3 Å². The molecule has 0 aromatic carbocycles. The summed E-state index contributed by atoms with van der Waals surface area (Å²) in [7, 11) is 0. The molecule has 2 rings (SSSR count). The Labute approximate surface area is 96.6 Å². The number of aromatic nitrogens is 2. The van der Waals surface area contributed by atoms with E-state index < -0.39 is 0 Å². The topological polar surface area (TPSA) is 66.9 Å². The quantitative estimate of drug-likeness (QED) is 0.838. The maximum absolute atomic E-state index is 11.5. The highest BCUT2D eigenvalue weighted by Crippen LogP contribution is 2.14. The van der Waals surface area contributed by atoms with Crippen LogP contribution in [-0.4, -0.2) is 16.0 Å². The number of aryl methyl sites for hydroxylation is 1. The Hall–Kier alpha value is -1.95. The first-order chi connectivity index (χ1) is 7.74. The van der Waals surface area contributed by atoms with Crippen LogP contribution in [0.3, 0.4) is 0 Å². The minimum absolute atomic E-state index is 0.340. The molecule has 2 N–H and O–H groups in total. The Morgan fingerprint density at radius 3 is 2.88 bits per heavy atom. The Bertz CT molecular complexity index is 483. The van der Waals surface area contributed by atoms with Gasteiger partial charge in [0, 0.05) is 11.6 Å². The largest absolute Gasteiger partial charge is 0.326 e. The van der Waals surface area contributed by atoms with Crippen molar-refractivity contribution in [2.45, 2.75) is 6.92 Å². The van der Waals surface area contributed by atoms with Crippen LogP contribution in [0.5, 0.6) is 0 Å². The Balaban J connectivity index is 1.95. The van der Waals surface area contributed by atoms with Gasteiger partial charge < -0.3 is 0 Å². The molecule has 0 saturated carbocycles. The molecule has 6 heteroatoms. The maximum atomic E-state index is 11.5. The summed E-state index contributed by atoms with van der Waals surface area (Å²) in [5, 5.41) is 7.68. The summed E-state index contributed by atoms with van der Waals surface area (Å²) in [5.74, 6) is 0.508. The zero-order valence-corrected chi connectivity index (χ0v) is 9.41. The number of pyridine rings is 1. The summed E-state index contributed by atoms with van der Waals surface area (Å²) in [6.07, 6.45) is 1.61. The minimum atomic E-state index is -0.340. The van der Waals surface area contributed by atoms with Crippen molar-refractivity contribution in [1.29, 1.82) is 0 Å². The van der Waals surface area contributed by atoms with Gasteiger partial charge in [0.05, 0.1) is 5.69 Å². The van der Waals surface area contributed by atoms with Crippen LogP contribution in [-0.2, 0) is 0 Å². The van der Waals surface area contributed by atoms with Crippen LogP contribution in [0, 0.1) is 6.92 Å². The van der Waals surface area contributed by atoms with Crippen LogP contribution in [0.2, 0.25) is 0 Å². The predicted molar refractivity (Wildman–Crippen MR) is 63.7 cm³/mol. The highest BCUT2D eigenvalue weighted by Gasteiger charge is 2.05. The van der Waals surface area contributed by atoms with E-state index in [1.807, 2.05) is 12.3 Å². The van der Waals surface area contributed by atoms with Gasteiger partial charge in [0.15, 0.2) is 5.13 Å². The second-order valence-corrected chi connectivity index (χ2v) is 3.95. The van der Waals surface area contributed by atoms with Crippen molar-refractivity contribution in [2.75, 3.05) is 10.6 Å². The third kappa shape index (κ3) is 2.77. The zero-order valence-electron chi connectivity index (χ0n) is 8.60. The summed E-state index contributed by atoms with van der Waals surface area (Å²) in [6.45, 7) is 1.87. The fraction of sp³-hybridized carbons (Fsp3) is 0.100. The molecule has 0 aliphatic rings. The number of urea groups is 1. The molecule has 0 aliphatic heterocycles. The van der Waals surface area contributed by atoms with Gasteiger partial charge in [-0.25, -0.2) is 14.8 Å². The van der Waals surface area contributed by atoms with E-state index in [0.717, 1.165) is 5.69 Å². The van der Waals surface area contributed by atoms with E-state index in [-0.39, 0.29) is 6.03 Å². The van der Waals surface area contributed by atoms with E-state index >= 15 is 0 Å². The molecule has 2 aromatic rings. The van der Waals surface area contributed by atoms with E-state index in [4.69, 9.17) is 0 Å². The van der Waals surface area contributed by atoms with Crippen LogP contribution in [0.15, 0.2) is 29.8 Å². The van der Waals surface area contributed by atoms with Gasteiger partial charge >= 0.3 is 6.03 Å². The monoisotopic (exact) mass is 234 g/mol. The highest BCUT2D eigenvalue weighted by molar-refractivity contribution is 7.13. The third-order valence-corrected chi connectivity index (χ3v) is 2.62. The number of nitrogens with zero attached hydrogens (tertiary/aromatic N) is 2. The summed E-state index contributed by atoms with van der Waals surface area (Å²) in [5.41, 5.74) is 0.887. The fourth-order valence-corrected chi connectivity index (χ4v) is 1.78. The summed E-state index contributed by atoms with van der Waals surface area (Å²) < 4.78 is 0. The molecular weight excluding hydrogens is 224 g/mol. The lowest BCUT2D eigenvalue weighted by molar-refractivity contribution is 0.262. The van der Waals surface area contributed by atoms with Crippen LogP contribution < -0.4 is 10.6 Å². The molecule has 2 amide bonds. The van der Waals surface area contributed by atoms with Crippen LogP contribution >= 0.6 is 11.3 Å². The molecule has 0 spiro atoms. The summed E-state index contributed by atoms with van der Waals surface area (Å²) in [4.78, 5) is 19.6. The van der Waals surface area contributed by atoms with E-state index in [0.29, 0.717) is 10.9 Å². The molecule has 0 aliphatic carbocycles. The van der Waals surface area contributed by atoms with Gasteiger partial charge in [0.1, 0.15) is 5.82 Å². The number of amides is 2. The van der Waals surface area contributed by atoms with Crippen LogP contribution in [0.1, 0.15) is 5.69 Å². The Morgan fingerprint density at radius 1 is 1.38 bits per heavy atom. The number of carbonyl (C=O) groups excluding carboxylic acids is 1. The average molecular weight is 234 g/mol. The second-order valence-electron chi connectivity index (χ2n) is 3.09. The van der Waals surface area contributed by atoms with E-state index in [9.17, 15) is 4.79 Å². The molecule has 82 valence electrons. The second kappa shape index (κ2) is 4.71. The van der Waals surface area contributed by atoms with Gasteiger partial charge in [-0.3, -0.25) is 10.6 Å². The smallest absolute Gasteiger partial charge is 0.292 e. The van der Waals surface area contributed by atoms with Crippen molar-refractivity contribution in [3.63, 3.8) is 0 Å². The van der Waals surface area contributed by atoms with Gasteiger partial charge in [-0.1, -0.05) is 6.07 Å². The van der Waals surface area contributed by atoms with Crippen molar-refractivity contribution in [3.8, 4) is 0 Å². The average Bonchev–Trinajstić information content (AvgIpc) is 2.65. The molecule has 5 nitrogen and oxygen atoms in total. The first-order valence-corrected chi connectivity index (χ1v) is 5.53. The molecule has 2 aromatic heterocycles. The zero-order chi connectivity index (χ0) is 11.4. The highest BCUT2D eigenvalue weighted by atomic mass is 32.1. The fourth-order valence-electron chi connectivity index (χ4n) is 1.09. The maximum Gasteiger partial charge on any atom is 0.326 e. The lowest BCUT2D eigenvalue weighted by atomic mass is 10.5. The normalized spacial score (nSPS) is 9.81. The summed E-state index contributed by atoms with van der Waals surface area (Å²) in [6, 6.07) is 4.96. The first kappa shape index (κ1) is 10.6. The number of hydrogen-bond donors (Lipinski definition) is 2. The molecule has 0 bridgehead atoms. The number of anilines is 2. The lowest BCUT2D eigenvalue weighted by Gasteiger charge is -2.03. The molecule has 0 unspecified atom stereocenters. The van der Waals surface area contributed by atoms with Crippen molar-refractivity contribution in [3.05, 3.63) is 35.5 Å². The third-order valence-electron chi connectivity index (χ3n) is 1.75. The molecule has 0 saturated heterocycles. The van der Waals surface area contributed by atoms with Gasteiger partial charge in [-0.2, -0.15) is 0 Å². The Morgan fingerprint density at radius 2 is 2.25 bits per heavy atom. The SMILES string of the molecule is Cc1csc(NC(=O)Nc2ccccn2)n1. The van der Waals surface area contributed by atoms with Crippen molar-refractivity contribution in [1.82, 2.24) is 9.97 Å². The molecule has 0 atom stereocenters. The number of carbonyl (C=O) groups is 1. The van der Waals surface area contributed by atoms with Gasteiger partial charge in [0.2, 0.25) is 0 Å². The van der Waals surface area contributed by atoms with Gasteiger partial charge in [-0.05, 0) is 19.1 Å².